The van der Waals surface area contributed by atoms with Crippen molar-refractivity contribution >= 4 is 29.3 Å². The van der Waals surface area contributed by atoms with Crippen LogP contribution in [-0.4, -0.2) is 37.5 Å². The van der Waals surface area contributed by atoms with Crippen molar-refractivity contribution in [2.75, 3.05) is 20.7 Å². The number of esters is 1. The van der Waals surface area contributed by atoms with E-state index in [0.717, 1.165) is 4.88 Å². The van der Waals surface area contributed by atoms with Crippen molar-refractivity contribution in [3.05, 3.63) is 28.0 Å². The van der Waals surface area contributed by atoms with Gasteiger partial charge in [-0.3, -0.25) is 9.59 Å². The van der Waals surface area contributed by atoms with Crippen LogP contribution in [0.3, 0.4) is 0 Å². The van der Waals surface area contributed by atoms with E-state index in [0.29, 0.717) is 6.54 Å². The molecule has 0 N–H and O–H groups in total. The molecule has 104 valence electrons. The number of ether oxygens (including phenoxy) is 1. The first-order chi connectivity index (χ1) is 8.93. The van der Waals surface area contributed by atoms with Crippen LogP contribution in [0.2, 0.25) is 0 Å². The van der Waals surface area contributed by atoms with E-state index in [-0.39, 0.29) is 17.8 Å². The Bertz CT molecular complexity index is 479. The van der Waals surface area contributed by atoms with Gasteiger partial charge < -0.3 is 9.64 Å². The Labute approximate surface area is 117 Å². The molecule has 0 radical (unpaired) electrons. The minimum atomic E-state index is -0.323. The maximum atomic E-state index is 11.9. The molecule has 1 aromatic rings. The van der Waals surface area contributed by atoms with Gasteiger partial charge in [0.15, 0.2) is 0 Å². The number of hydrogen-bond donors (Lipinski definition) is 0. The van der Waals surface area contributed by atoms with Gasteiger partial charge in [-0.25, -0.2) is 0 Å². The van der Waals surface area contributed by atoms with Gasteiger partial charge in [0.25, 0.3) is 0 Å². The smallest absolute Gasteiger partial charge is 0.310 e. The average molecular weight is 281 g/mol. The molecule has 0 saturated carbocycles. The zero-order valence-corrected chi connectivity index (χ0v) is 12.5. The van der Waals surface area contributed by atoms with Gasteiger partial charge in [0, 0.05) is 29.4 Å². The summed E-state index contributed by atoms with van der Waals surface area (Å²) in [5.74, 6) is -0.754. The van der Waals surface area contributed by atoms with E-state index >= 15 is 0 Å². The van der Waals surface area contributed by atoms with Crippen molar-refractivity contribution in [1.29, 1.82) is 0 Å². The van der Waals surface area contributed by atoms with Gasteiger partial charge in [-0.1, -0.05) is 6.92 Å². The first-order valence-electron chi connectivity index (χ1n) is 6.01. The van der Waals surface area contributed by atoms with Crippen LogP contribution in [0.4, 0.5) is 0 Å². The van der Waals surface area contributed by atoms with E-state index in [2.05, 4.69) is 4.74 Å². The second-order valence-corrected chi connectivity index (χ2v) is 5.74. The van der Waals surface area contributed by atoms with E-state index < -0.39 is 0 Å². The first kappa shape index (κ1) is 15.4. The monoisotopic (exact) mass is 281 g/mol. The van der Waals surface area contributed by atoms with Crippen molar-refractivity contribution in [1.82, 2.24) is 4.90 Å². The van der Waals surface area contributed by atoms with Gasteiger partial charge in [-0.2, -0.15) is 0 Å². The van der Waals surface area contributed by atoms with E-state index in [9.17, 15) is 9.59 Å². The van der Waals surface area contributed by atoms with Crippen LogP contribution in [0.5, 0.6) is 0 Å². The lowest BCUT2D eigenvalue weighted by molar-refractivity contribution is -0.145. The molecule has 5 heteroatoms. The van der Waals surface area contributed by atoms with E-state index in [1.807, 2.05) is 19.1 Å². The Morgan fingerprint density at radius 1 is 1.47 bits per heavy atom. The molecule has 19 heavy (non-hydrogen) atoms. The highest BCUT2D eigenvalue weighted by molar-refractivity contribution is 7.12. The normalized spacial score (nSPS) is 12.4. The number of aryl methyl sites for hydroxylation is 1. The molecule has 1 amide bonds. The van der Waals surface area contributed by atoms with Crippen LogP contribution < -0.4 is 0 Å². The minimum absolute atomic E-state index is 0.123. The predicted octanol–water partition coefficient (Wildman–Crippen LogP) is 2.34. The van der Waals surface area contributed by atoms with Crippen molar-refractivity contribution in [2.24, 2.45) is 5.92 Å². The van der Waals surface area contributed by atoms with Crippen molar-refractivity contribution < 1.29 is 14.3 Å². The highest BCUT2D eigenvalue weighted by Gasteiger charge is 2.17. The number of carbonyl (C=O) groups is 2. The highest BCUT2D eigenvalue weighted by Crippen LogP contribution is 2.16. The highest BCUT2D eigenvalue weighted by atomic mass is 32.1. The summed E-state index contributed by atoms with van der Waals surface area (Å²) >= 11 is 1.63. The van der Waals surface area contributed by atoms with Crippen LogP contribution in [-0.2, 0) is 14.3 Å². The molecule has 0 aliphatic rings. The van der Waals surface area contributed by atoms with Gasteiger partial charge in [-0.15, -0.1) is 11.3 Å². The quantitative estimate of drug-likeness (QED) is 0.615. The number of methoxy groups -OCH3 is 1. The Kier molecular flexibility index (Phi) is 5.76. The molecule has 1 aromatic heterocycles. The molecule has 1 atom stereocenters. The van der Waals surface area contributed by atoms with Crippen LogP contribution in [0.1, 0.15) is 16.7 Å². The molecule has 4 nitrogen and oxygen atoms in total. The minimum Gasteiger partial charge on any atom is -0.469 e. The van der Waals surface area contributed by atoms with Gasteiger partial charge in [-0.05, 0) is 25.1 Å². The molecule has 0 spiro atoms. The topological polar surface area (TPSA) is 46.6 Å². The Balaban J connectivity index is 2.53. The van der Waals surface area contributed by atoms with Gasteiger partial charge >= 0.3 is 5.97 Å². The third-order valence-corrected chi connectivity index (χ3v) is 3.64. The zero-order valence-electron chi connectivity index (χ0n) is 11.7. The molecule has 0 aliphatic carbocycles. The summed E-state index contributed by atoms with van der Waals surface area (Å²) in [6.07, 6.45) is 3.31. The van der Waals surface area contributed by atoms with Gasteiger partial charge in [0.05, 0.1) is 13.0 Å². The second kappa shape index (κ2) is 7.09. The molecular formula is C14H19NO3S. The number of thiophene rings is 1. The number of hydrogen-bond acceptors (Lipinski definition) is 4. The fourth-order valence-electron chi connectivity index (χ4n) is 1.60. The summed E-state index contributed by atoms with van der Waals surface area (Å²) in [5.41, 5.74) is 0. The Hall–Kier alpha value is -1.62. The molecular weight excluding hydrogens is 262 g/mol. The average Bonchev–Trinajstić information content (AvgIpc) is 2.80. The van der Waals surface area contributed by atoms with Crippen molar-refractivity contribution in [2.45, 2.75) is 13.8 Å². The molecule has 0 bridgehead atoms. The summed E-state index contributed by atoms with van der Waals surface area (Å²) in [6.45, 7) is 4.11. The molecule has 1 unspecified atom stereocenters. The second-order valence-electron chi connectivity index (χ2n) is 4.42. The molecule has 0 aromatic carbocycles. The number of carbonyl (C=O) groups excluding carboxylic acids is 2. The summed E-state index contributed by atoms with van der Waals surface area (Å²) < 4.78 is 4.63. The number of rotatable bonds is 5. The Morgan fingerprint density at radius 3 is 2.68 bits per heavy atom. The molecule has 1 rings (SSSR count). The standard InChI is InChI=1S/C14H19NO3S/c1-10(14(17)18-4)9-15(3)13(16)8-7-12-6-5-11(2)19-12/h5-8,10H,9H2,1-4H3/b8-7+. The summed E-state index contributed by atoms with van der Waals surface area (Å²) in [7, 11) is 3.02. The third kappa shape index (κ3) is 4.87. The summed E-state index contributed by atoms with van der Waals surface area (Å²) in [4.78, 5) is 26.9. The molecule has 1 heterocycles. The van der Waals surface area contributed by atoms with Gasteiger partial charge in [0.1, 0.15) is 0 Å². The fraction of sp³-hybridized carbons (Fsp3) is 0.429. The third-order valence-electron chi connectivity index (χ3n) is 2.68. The van der Waals surface area contributed by atoms with E-state index in [1.54, 1.807) is 31.4 Å². The maximum absolute atomic E-state index is 11.9. The van der Waals surface area contributed by atoms with Crippen LogP contribution >= 0.6 is 11.3 Å². The van der Waals surface area contributed by atoms with E-state index in [4.69, 9.17) is 0 Å². The lowest BCUT2D eigenvalue weighted by Crippen LogP contribution is -2.33. The van der Waals surface area contributed by atoms with Crippen LogP contribution in [0.15, 0.2) is 18.2 Å². The van der Waals surface area contributed by atoms with Crippen LogP contribution in [0.25, 0.3) is 6.08 Å². The fourth-order valence-corrected chi connectivity index (χ4v) is 2.38. The van der Waals surface area contributed by atoms with E-state index in [1.165, 1.54) is 23.0 Å². The molecule has 0 fully saturated rings. The van der Waals surface area contributed by atoms with Gasteiger partial charge in [0.2, 0.25) is 5.91 Å². The number of nitrogens with zero attached hydrogens (tertiary/aromatic N) is 1. The predicted molar refractivity (Wildman–Crippen MR) is 76.9 cm³/mol. The lowest BCUT2D eigenvalue weighted by atomic mass is 10.2. The Morgan fingerprint density at radius 2 is 2.16 bits per heavy atom. The first-order valence-corrected chi connectivity index (χ1v) is 6.83. The number of likely N-dealkylation sites (N-methyl/N-ethyl adjacent to an activating group) is 1. The molecule has 0 aliphatic heterocycles. The van der Waals surface area contributed by atoms with Crippen molar-refractivity contribution in [3.8, 4) is 0 Å². The SMILES string of the molecule is COC(=O)C(C)CN(C)C(=O)/C=C/c1ccc(C)s1. The molecule has 0 saturated heterocycles. The maximum Gasteiger partial charge on any atom is 0.310 e. The van der Waals surface area contributed by atoms with Crippen LogP contribution in [0, 0.1) is 12.8 Å². The largest absolute Gasteiger partial charge is 0.469 e. The van der Waals surface area contributed by atoms with Crippen molar-refractivity contribution in [3.63, 3.8) is 0 Å². The number of amides is 1. The summed E-state index contributed by atoms with van der Waals surface area (Å²) in [5, 5.41) is 0. The summed E-state index contributed by atoms with van der Waals surface area (Å²) in [6, 6.07) is 3.98. The lowest BCUT2D eigenvalue weighted by Gasteiger charge is -2.18. The zero-order chi connectivity index (χ0) is 14.4.